The zero-order chi connectivity index (χ0) is 9.26. The van der Waals surface area contributed by atoms with Crippen molar-refractivity contribution in [3.05, 3.63) is 17.8 Å². The van der Waals surface area contributed by atoms with E-state index in [-0.39, 0.29) is 12.7 Å². The number of ether oxygens (including phenoxy) is 1. The molecule has 0 saturated carbocycles. The SMILES string of the molecule is CC1CCOC1c1ocnc1CO. The van der Waals surface area contributed by atoms with Crippen molar-refractivity contribution in [1.29, 1.82) is 0 Å². The molecular weight excluding hydrogens is 170 g/mol. The highest BCUT2D eigenvalue weighted by Crippen LogP contribution is 2.35. The van der Waals surface area contributed by atoms with Gasteiger partial charge in [0.25, 0.3) is 0 Å². The number of rotatable bonds is 2. The number of aromatic nitrogens is 1. The fourth-order valence-corrected chi connectivity index (χ4v) is 1.66. The average Bonchev–Trinajstić information content (AvgIpc) is 2.71. The van der Waals surface area contributed by atoms with Crippen LogP contribution in [0.4, 0.5) is 0 Å². The van der Waals surface area contributed by atoms with Gasteiger partial charge in [0.1, 0.15) is 11.8 Å². The zero-order valence-corrected chi connectivity index (χ0v) is 7.56. The van der Waals surface area contributed by atoms with Crippen molar-refractivity contribution in [2.45, 2.75) is 26.1 Å². The first-order valence-electron chi connectivity index (χ1n) is 4.47. The van der Waals surface area contributed by atoms with E-state index in [9.17, 15) is 0 Å². The number of hydrogen-bond donors (Lipinski definition) is 1. The second-order valence-corrected chi connectivity index (χ2v) is 3.38. The summed E-state index contributed by atoms with van der Waals surface area (Å²) in [7, 11) is 0. The van der Waals surface area contributed by atoms with E-state index < -0.39 is 0 Å². The van der Waals surface area contributed by atoms with Crippen molar-refractivity contribution < 1.29 is 14.3 Å². The molecule has 2 atom stereocenters. The Bertz CT molecular complexity index is 284. The molecule has 0 spiro atoms. The summed E-state index contributed by atoms with van der Waals surface area (Å²) >= 11 is 0. The van der Waals surface area contributed by atoms with E-state index in [1.165, 1.54) is 6.39 Å². The van der Waals surface area contributed by atoms with Gasteiger partial charge in [-0.05, 0) is 12.3 Å². The van der Waals surface area contributed by atoms with Crippen LogP contribution in [0.2, 0.25) is 0 Å². The Morgan fingerprint density at radius 3 is 3.15 bits per heavy atom. The highest BCUT2D eigenvalue weighted by Gasteiger charge is 2.30. The van der Waals surface area contributed by atoms with Gasteiger partial charge in [-0.2, -0.15) is 0 Å². The normalized spacial score (nSPS) is 28.2. The number of nitrogens with zero attached hydrogens (tertiary/aromatic N) is 1. The van der Waals surface area contributed by atoms with Crippen LogP contribution in [0.15, 0.2) is 10.8 Å². The van der Waals surface area contributed by atoms with Crippen LogP contribution in [0.25, 0.3) is 0 Å². The molecule has 1 aliphatic rings. The zero-order valence-electron chi connectivity index (χ0n) is 7.56. The van der Waals surface area contributed by atoms with E-state index in [0.717, 1.165) is 13.0 Å². The molecule has 2 heterocycles. The van der Waals surface area contributed by atoms with Crippen LogP contribution in [-0.4, -0.2) is 16.7 Å². The smallest absolute Gasteiger partial charge is 0.181 e. The Morgan fingerprint density at radius 1 is 1.69 bits per heavy atom. The third-order valence-corrected chi connectivity index (χ3v) is 2.47. The molecular formula is C9H13NO3. The van der Waals surface area contributed by atoms with E-state index >= 15 is 0 Å². The Balaban J connectivity index is 2.23. The van der Waals surface area contributed by atoms with Crippen LogP contribution < -0.4 is 0 Å². The molecule has 4 heteroatoms. The Morgan fingerprint density at radius 2 is 2.54 bits per heavy atom. The first kappa shape index (κ1) is 8.72. The molecule has 1 fully saturated rings. The van der Waals surface area contributed by atoms with Crippen molar-refractivity contribution in [1.82, 2.24) is 4.98 Å². The van der Waals surface area contributed by atoms with E-state index in [1.54, 1.807) is 0 Å². The van der Waals surface area contributed by atoms with Gasteiger partial charge < -0.3 is 14.3 Å². The minimum Gasteiger partial charge on any atom is -0.445 e. The molecule has 72 valence electrons. The van der Waals surface area contributed by atoms with E-state index in [2.05, 4.69) is 11.9 Å². The molecule has 0 bridgehead atoms. The van der Waals surface area contributed by atoms with Gasteiger partial charge in [0, 0.05) is 6.61 Å². The topological polar surface area (TPSA) is 55.5 Å². The standard InChI is InChI=1S/C9H13NO3/c1-6-2-3-12-8(6)9-7(4-11)10-5-13-9/h5-6,8,11H,2-4H2,1H3. The van der Waals surface area contributed by atoms with Crippen molar-refractivity contribution >= 4 is 0 Å². The van der Waals surface area contributed by atoms with Crippen LogP contribution >= 0.6 is 0 Å². The maximum absolute atomic E-state index is 8.98. The van der Waals surface area contributed by atoms with Crippen LogP contribution in [0.3, 0.4) is 0 Å². The first-order valence-corrected chi connectivity index (χ1v) is 4.47. The second kappa shape index (κ2) is 3.47. The molecule has 13 heavy (non-hydrogen) atoms. The minimum atomic E-state index is -0.0849. The third-order valence-electron chi connectivity index (χ3n) is 2.47. The molecule has 2 rings (SSSR count). The summed E-state index contributed by atoms with van der Waals surface area (Å²) in [5.74, 6) is 1.13. The van der Waals surface area contributed by atoms with Gasteiger partial charge in [-0.25, -0.2) is 4.98 Å². The molecule has 4 nitrogen and oxygen atoms in total. The molecule has 1 aliphatic heterocycles. The summed E-state index contributed by atoms with van der Waals surface area (Å²) in [5, 5.41) is 8.98. The highest BCUT2D eigenvalue weighted by atomic mass is 16.5. The van der Waals surface area contributed by atoms with Gasteiger partial charge in [0.2, 0.25) is 0 Å². The van der Waals surface area contributed by atoms with Crippen LogP contribution in [0, 0.1) is 5.92 Å². The number of oxazole rings is 1. The molecule has 0 radical (unpaired) electrons. The molecule has 0 aliphatic carbocycles. The van der Waals surface area contributed by atoms with Crippen molar-refractivity contribution in [2.24, 2.45) is 5.92 Å². The van der Waals surface area contributed by atoms with E-state index in [4.69, 9.17) is 14.3 Å². The Hall–Kier alpha value is -0.870. The lowest BCUT2D eigenvalue weighted by Gasteiger charge is -2.11. The molecule has 0 aromatic carbocycles. The van der Waals surface area contributed by atoms with Gasteiger partial charge in [0.15, 0.2) is 12.2 Å². The lowest BCUT2D eigenvalue weighted by atomic mass is 10.0. The summed E-state index contributed by atoms with van der Waals surface area (Å²) in [4.78, 5) is 3.92. The van der Waals surface area contributed by atoms with Crippen LogP contribution in [0.1, 0.15) is 30.9 Å². The maximum atomic E-state index is 8.98. The van der Waals surface area contributed by atoms with Crippen LogP contribution in [0.5, 0.6) is 0 Å². The predicted molar refractivity (Wildman–Crippen MR) is 44.9 cm³/mol. The van der Waals surface area contributed by atoms with Gasteiger partial charge in [-0.1, -0.05) is 6.92 Å². The summed E-state index contributed by atoms with van der Waals surface area (Å²) in [6.45, 7) is 2.79. The minimum absolute atomic E-state index is 0.0235. The summed E-state index contributed by atoms with van der Waals surface area (Å²) in [6.07, 6.45) is 2.37. The fourth-order valence-electron chi connectivity index (χ4n) is 1.66. The van der Waals surface area contributed by atoms with Gasteiger partial charge in [-0.3, -0.25) is 0 Å². The summed E-state index contributed by atoms with van der Waals surface area (Å²) in [6, 6.07) is 0. The molecule has 1 aromatic rings. The molecule has 0 amide bonds. The fraction of sp³-hybridized carbons (Fsp3) is 0.667. The lowest BCUT2D eigenvalue weighted by Crippen LogP contribution is -2.05. The lowest BCUT2D eigenvalue weighted by molar-refractivity contribution is 0.0735. The molecule has 1 N–H and O–H groups in total. The van der Waals surface area contributed by atoms with Gasteiger partial charge in [0.05, 0.1) is 6.61 Å². The van der Waals surface area contributed by atoms with Crippen molar-refractivity contribution in [3.8, 4) is 0 Å². The summed E-state index contributed by atoms with van der Waals surface area (Å²) in [5.41, 5.74) is 0.596. The number of aliphatic hydroxyl groups is 1. The van der Waals surface area contributed by atoms with Crippen molar-refractivity contribution in [3.63, 3.8) is 0 Å². The third kappa shape index (κ3) is 1.47. The largest absolute Gasteiger partial charge is 0.445 e. The number of aliphatic hydroxyl groups excluding tert-OH is 1. The second-order valence-electron chi connectivity index (χ2n) is 3.38. The van der Waals surface area contributed by atoms with Gasteiger partial charge in [-0.15, -0.1) is 0 Å². The molecule has 1 aromatic heterocycles. The number of hydrogen-bond acceptors (Lipinski definition) is 4. The van der Waals surface area contributed by atoms with Crippen LogP contribution in [-0.2, 0) is 11.3 Å². The molecule has 1 saturated heterocycles. The van der Waals surface area contributed by atoms with E-state index in [1.807, 2.05) is 0 Å². The Labute approximate surface area is 76.5 Å². The summed E-state index contributed by atoms with van der Waals surface area (Å²) < 4.78 is 10.7. The van der Waals surface area contributed by atoms with Gasteiger partial charge >= 0.3 is 0 Å². The first-order chi connectivity index (χ1) is 6.33. The predicted octanol–water partition coefficient (Wildman–Crippen LogP) is 1.26. The monoisotopic (exact) mass is 183 g/mol. The molecule has 2 unspecified atom stereocenters. The van der Waals surface area contributed by atoms with Crippen molar-refractivity contribution in [2.75, 3.05) is 6.61 Å². The highest BCUT2D eigenvalue weighted by molar-refractivity contribution is 5.11. The Kier molecular flexibility index (Phi) is 2.33. The average molecular weight is 183 g/mol. The maximum Gasteiger partial charge on any atom is 0.181 e. The van der Waals surface area contributed by atoms with E-state index in [0.29, 0.717) is 17.4 Å². The quantitative estimate of drug-likeness (QED) is 0.750.